The SMILES string of the molecule is COc1cc([C@@H]2Oc3c(c(O)cc4oc(-c5ccccc5)cc(=O)c34)O[C@H]2CO)ccc1O. The summed E-state index contributed by atoms with van der Waals surface area (Å²) in [6, 6.07) is 16.4. The normalized spacial score (nSPS) is 17.2. The van der Waals surface area contributed by atoms with E-state index >= 15 is 0 Å². The molecule has 168 valence electrons. The largest absolute Gasteiger partial charge is 0.504 e. The summed E-state index contributed by atoms with van der Waals surface area (Å²) in [5, 5.41) is 30.5. The lowest BCUT2D eigenvalue weighted by molar-refractivity contribution is -0.0130. The van der Waals surface area contributed by atoms with E-state index in [9.17, 15) is 20.1 Å². The summed E-state index contributed by atoms with van der Waals surface area (Å²) in [5.41, 5.74) is 1.00. The topological polar surface area (TPSA) is 119 Å². The van der Waals surface area contributed by atoms with Crippen molar-refractivity contribution in [1.82, 2.24) is 0 Å². The number of methoxy groups -OCH3 is 1. The van der Waals surface area contributed by atoms with Gasteiger partial charge in [-0.15, -0.1) is 0 Å². The van der Waals surface area contributed by atoms with Gasteiger partial charge in [-0.1, -0.05) is 36.4 Å². The minimum absolute atomic E-state index is 0.0140. The molecule has 5 rings (SSSR count). The average molecular weight is 448 g/mol. The summed E-state index contributed by atoms with van der Waals surface area (Å²) < 4.78 is 23.1. The Morgan fingerprint density at radius 3 is 2.45 bits per heavy atom. The quantitative estimate of drug-likeness (QED) is 0.432. The molecule has 0 saturated carbocycles. The van der Waals surface area contributed by atoms with Crippen LogP contribution in [0.2, 0.25) is 0 Å². The smallest absolute Gasteiger partial charge is 0.204 e. The molecule has 4 aromatic rings. The van der Waals surface area contributed by atoms with Gasteiger partial charge in [0.05, 0.1) is 13.7 Å². The lowest BCUT2D eigenvalue weighted by atomic mass is 10.0. The highest BCUT2D eigenvalue weighted by Gasteiger charge is 2.37. The molecule has 0 fully saturated rings. The Labute approximate surface area is 187 Å². The lowest BCUT2D eigenvalue weighted by Gasteiger charge is -2.34. The van der Waals surface area contributed by atoms with E-state index in [2.05, 4.69) is 0 Å². The molecule has 8 heteroatoms. The van der Waals surface area contributed by atoms with Crippen LogP contribution in [0, 0.1) is 0 Å². The molecule has 0 bridgehead atoms. The number of phenols is 2. The van der Waals surface area contributed by atoms with Gasteiger partial charge in [-0.3, -0.25) is 4.79 Å². The van der Waals surface area contributed by atoms with Crippen molar-refractivity contribution >= 4 is 11.0 Å². The van der Waals surface area contributed by atoms with Crippen LogP contribution in [0.4, 0.5) is 0 Å². The van der Waals surface area contributed by atoms with E-state index in [-0.39, 0.29) is 45.1 Å². The van der Waals surface area contributed by atoms with Crippen molar-refractivity contribution in [2.75, 3.05) is 13.7 Å². The lowest BCUT2D eigenvalue weighted by Crippen LogP contribution is -2.36. The molecule has 0 aliphatic carbocycles. The monoisotopic (exact) mass is 448 g/mol. The van der Waals surface area contributed by atoms with Gasteiger partial charge in [0.25, 0.3) is 0 Å². The Balaban J connectivity index is 1.67. The third-order valence-electron chi connectivity index (χ3n) is 5.53. The zero-order valence-electron chi connectivity index (χ0n) is 17.5. The van der Waals surface area contributed by atoms with Gasteiger partial charge >= 0.3 is 0 Å². The first-order valence-corrected chi connectivity index (χ1v) is 10.2. The zero-order chi connectivity index (χ0) is 23.1. The average Bonchev–Trinajstić information content (AvgIpc) is 2.84. The fourth-order valence-electron chi connectivity index (χ4n) is 3.93. The van der Waals surface area contributed by atoms with E-state index in [0.717, 1.165) is 0 Å². The van der Waals surface area contributed by atoms with E-state index in [1.54, 1.807) is 12.1 Å². The summed E-state index contributed by atoms with van der Waals surface area (Å²) in [5.74, 6) is 0.175. The van der Waals surface area contributed by atoms with Gasteiger partial charge in [0, 0.05) is 23.3 Å². The molecule has 33 heavy (non-hydrogen) atoms. The van der Waals surface area contributed by atoms with Crippen LogP contribution in [0.3, 0.4) is 0 Å². The fraction of sp³-hybridized carbons (Fsp3) is 0.160. The highest BCUT2D eigenvalue weighted by atomic mass is 16.6. The van der Waals surface area contributed by atoms with Crippen molar-refractivity contribution in [2.45, 2.75) is 12.2 Å². The van der Waals surface area contributed by atoms with Crippen molar-refractivity contribution in [3.63, 3.8) is 0 Å². The van der Waals surface area contributed by atoms with Crippen molar-refractivity contribution in [3.05, 3.63) is 76.5 Å². The number of hydrogen-bond donors (Lipinski definition) is 3. The van der Waals surface area contributed by atoms with Crippen LogP contribution < -0.4 is 19.6 Å². The first kappa shape index (κ1) is 20.7. The summed E-state index contributed by atoms with van der Waals surface area (Å²) in [7, 11) is 1.41. The maximum Gasteiger partial charge on any atom is 0.204 e. The second-order valence-corrected chi connectivity index (χ2v) is 7.58. The predicted octanol–water partition coefficient (Wildman–Crippen LogP) is 3.75. The Morgan fingerprint density at radius 1 is 0.939 bits per heavy atom. The molecule has 2 atom stereocenters. The number of aromatic hydroxyl groups is 2. The highest BCUT2D eigenvalue weighted by Crippen LogP contribution is 2.49. The van der Waals surface area contributed by atoms with Crippen LogP contribution in [0.25, 0.3) is 22.3 Å². The molecule has 0 saturated heterocycles. The summed E-state index contributed by atoms with van der Waals surface area (Å²) >= 11 is 0. The summed E-state index contributed by atoms with van der Waals surface area (Å²) in [4.78, 5) is 13.1. The van der Waals surface area contributed by atoms with Crippen molar-refractivity contribution in [1.29, 1.82) is 0 Å². The van der Waals surface area contributed by atoms with E-state index in [1.807, 2.05) is 30.3 Å². The second kappa shape index (κ2) is 8.07. The molecule has 0 radical (unpaired) electrons. The maximum atomic E-state index is 13.1. The summed E-state index contributed by atoms with van der Waals surface area (Å²) in [6.45, 7) is -0.424. The molecule has 0 unspecified atom stereocenters. The van der Waals surface area contributed by atoms with Crippen LogP contribution in [0.15, 0.2) is 69.9 Å². The van der Waals surface area contributed by atoms with Gasteiger partial charge in [-0.25, -0.2) is 0 Å². The van der Waals surface area contributed by atoms with Crippen LogP contribution in [-0.4, -0.2) is 35.1 Å². The van der Waals surface area contributed by atoms with E-state index in [0.29, 0.717) is 16.9 Å². The number of aliphatic hydroxyl groups is 1. The first-order valence-electron chi connectivity index (χ1n) is 10.2. The van der Waals surface area contributed by atoms with Gasteiger partial charge in [-0.05, 0) is 12.1 Å². The van der Waals surface area contributed by atoms with Crippen LogP contribution >= 0.6 is 0 Å². The molecular weight excluding hydrogens is 428 g/mol. The molecular formula is C25H20O8. The zero-order valence-corrected chi connectivity index (χ0v) is 17.5. The molecule has 2 heterocycles. The van der Waals surface area contributed by atoms with Crippen LogP contribution in [0.5, 0.6) is 28.7 Å². The van der Waals surface area contributed by atoms with Gasteiger partial charge in [0.15, 0.2) is 40.6 Å². The van der Waals surface area contributed by atoms with Crippen LogP contribution in [0.1, 0.15) is 11.7 Å². The second-order valence-electron chi connectivity index (χ2n) is 7.58. The number of phenolic OH excluding ortho intramolecular Hbond substituents is 2. The molecule has 0 amide bonds. The standard InChI is InChI=1S/C25H20O8/c1-30-19-9-14(7-8-15(19)27)23-21(12-26)32-24-17(29)11-20-22(25(24)33-23)16(28)10-18(31-20)13-5-3-2-4-6-13/h2-11,21,23,26-27,29H,12H2,1H3/t21-,23-/m0/s1. The van der Waals surface area contributed by atoms with Gasteiger partial charge in [0.1, 0.15) is 16.7 Å². The van der Waals surface area contributed by atoms with Gasteiger partial charge in [0.2, 0.25) is 5.75 Å². The van der Waals surface area contributed by atoms with Crippen LogP contribution in [-0.2, 0) is 0 Å². The number of rotatable bonds is 4. The maximum absolute atomic E-state index is 13.1. The minimum atomic E-state index is -0.884. The first-order chi connectivity index (χ1) is 16.0. The van der Waals surface area contributed by atoms with Gasteiger partial charge < -0.3 is 33.9 Å². The molecule has 1 aliphatic rings. The molecule has 0 spiro atoms. The van der Waals surface area contributed by atoms with E-state index < -0.39 is 18.8 Å². The highest BCUT2D eigenvalue weighted by molar-refractivity contribution is 5.90. The third kappa shape index (κ3) is 3.50. The molecule has 1 aromatic heterocycles. The number of hydrogen-bond acceptors (Lipinski definition) is 8. The van der Waals surface area contributed by atoms with Crippen molar-refractivity contribution in [3.8, 4) is 40.1 Å². The summed E-state index contributed by atoms with van der Waals surface area (Å²) in [6.07, 6.45) is -1.74. The Hall–Kier alpha value is -4.17. The number of aliphatic hydroxyl groups excluding tert-OH is 1. The fourth-order valence-corrected chi connectivity index (χ4v) is 3.93. The van der Waals surface area contributed by atoms with Crippen molar-refractivity contribution in [2.24, 2.45) is 0 Å². The number of ether oxygens (including phenoxy) is 3. The Kier molecular flexibility index (Phi) is 5.07. The van der Waals surface area contributed by atoms with Crippen molar-refractivity contribution < 1.29 is 33.9 Å². The molecule has 3 aromatic carbocycles. The molecule has 8 nitrogen and oxygen atoms in total. The third-order valence-corrected chi connectivity index (χ3v) is 5.53. The molecule has 1 aliphatic heterocycles. The number of fused-ring (bicyclic) bond motifs is 3. The van der Waals surface area contributed by atoms with E-state index in [1.165, 1.54) is 25.3 Å². The van der Waals surface area contributed by atoms with Gasteiger partial charge in [-0.2, -0.15) is 0 Å². The minimum Gasteiger partial charge on any atom is -0.504 e. The van der Waals surface area contributed by atoms with E-state index in [4.69, 9.17) is 18.6 Å². The Bertz CT molecular complexity index is 1390. The Morgan fingerprint density at radius 2 is 1.73 bits per heavy atom. The predicted molar refractivity (Wildman–Crippen MR) is 119 cm³/mol. The molecule has 3 N–H and O–H groups in total. The number of benzene rings is 3.